The molecular weight excluding hydrogens is 627 g/mol. The number of halogens is 2. The third kappa shape index (κ3) is 7.60. The maximum atomic E-state index is 12.5. The Morgan fingerprint density at radius 1 is 0.971 bits per heavy atom. The number of ether oxygens (including phenoxy) is 4. The average Bonchev–Trinajstić information content (AvgIpc) is 2.85. The SMILES string of the molecule is CCOc1ccc(C(=O)N/N=C/c2cc(I)c(OCc3ccc(Br)cc3)c(OCC)c2)cc1OC. The van der Waals surface area contributed by atoms with Gasteiger partial charge in [-0.2, -0.15) is 5.10 Å². The molecule has 35 heavy (non-hydrogen) atoms. The number of benzene rings is 3. The highest BCUT2D eigenvalue weighted by atomic mass is 127. The molecule has 0 radical (unpaired) electrons. The lowest BCUT2D eigenvalue weighted by molar-refractivity contribution is 0.0954. The molecule has 1 N–H and O–H groups in total. The van der Waals surface area contributed by atoms with Crippen LogP contribution in [-0.2, 0) is 6.61 Å². The molecule has 7 nitrogen and oxygen atoms in total. The predicted octanol–water partition coefficient (Wildman–Crippen LogP) is 6.20. The fourth-order valence-corrected chi connectivity index (χ4v) is 4.16. The zero-order chi connectivity index (χ0) is 25.2. The van der Waals surface area contributed by atoms with Crippen molar-refractivity contribution in [2.24, 2.45) is 5.10 Å². The van der Waals surface area contributed by atoms with Crippen LogP contribution in [0.25, 0.3) is 0 Å². The first-order chi connectivity index (χ1) is 16.9. The molecule has 0 aliphatic rings. The fourth-order valence-electron chi connectivity index (χ4n) is 3.12. The first-order valence-electron chi connectivity index (χ1n) is 10.9. The van der Waals surface area contributed by atoms with Crippen LogP contribution in [0.15, 0.2) is 64.2 Å². The van der Waals surface area contributed by atoms with Crippen LogP contribution in [0.1, 0.15) is 35.3 Å². The maximum Gasteiger partial charge on any atom is 0.271 e. The van der Waals surface area contributed by atoms with E-state index < -0.39 is 0 Å². The molecule has 0 saturated heterocycles. The van der Waals surface area contributed by atoms with Crippen molar-refractivity contribution >= 4 is 50.6 Å². The molecule has 184 valence electrons. The van der Waals surface area contributed by atoms with Crippen LogP contribution in [0.2, 0.25) is 0 Å². The second-order valence-electron chi connectivity index (χ2n) is 7.18. The zero-order valence-corrected chi connectivity index (χ0v) is 23.4. The Kier molecular flexibility index (Phi) is 10.2. The lowest BCUT2D eigenvalue weighted by Crippen LogP contribution is -2.17. The van der Waals surface area contributed by atoms with Crippen molar-refractivity contribution < 1.29 is 23.7 Å². The van der Waals surface area contributed by atoms with Crippen LogP contribution in [0.5, 0.6) is 23.0 Å². The van der Waals surface area contributed by atoms with Crippen LogP contribution in [0.3, 0.4) is 0 Å². The summed E-state index contributed by atoms with van der Waals surface area (Å²) in [7, 11) is 1.53. The van der Waals surface area contributed by atoms with Gasteiger partial charge in [-0.05, 0) is 90.0 Å². The highest BCUT2D eigenvalue weighted by Gasteiger charge is 2.13. The van der Waals surface area contributed by atoms with E-state index in [1.54, 1.807) is 24.4 Å². The highest BCUT2D eigenvalue weighted by Crippen LogP contribution is 2.34. The predicted molar refractivity (Wildman–Crippen MR) is 148 cm³/mol. The first kappa shape index (κ1) is 26.8. The Hall–Kier alpha value is -2.79. The summed E-state index contributed by atoms with van der Waals surface area (Å²) >= 11 is 5.64. The Bertz CT molecular complexity index is 1190. The fraction of sp³-hybridized carbons (Fsp3) is 0.231. The minimum Gasteiger partial charge on any atom is -0.493 e. The van der Waals surface area contributed by atoms with Gasteiger partial charge in [0.05, 0.1) is 30.1 Å². The van der Waals surface area contributed by atoms with Crippen molar-refractivity contribution in [3.63, 3.8) is 0 Å². The number of hydrazone groups is 1. The van der Waals surface area contributed by atoms with Gasteiger partial charge in [0, 0.05) is 10.0 Å². The molecule has 0 heterocycles. The highest BCUT2D eigenvalue weighted by molar-refractivity contribution is 14.1. The Morgan fingerprint density at radius 2 is 1.69 bits per heavy atom. The number of carbonyl (C=O) groups excluding carboxylic acids is 1. The lowest BCUT2D eigenvalue weighted by atomic mass is 10.2. The summed E-state index contributed by atoms with van der Waals surface area (Å²) in [5.41, 5.74) is 4.76. The summed E-state index contributed by atoms with van der Waals surface area (Å²) in [4.78, 5) is 12.5. The van der Waals surface area contributed by atoms with Crippen molar-refractivity contribution in [1.82, 2.24) is 5.43 Å². The van der Waals surface area contributed by atoms with E-state index in [-0.39, 0.29) is 5.91 Å². The van der Waals surface area contributed by atoms with Crippen molar-refractivity contribution in [1.29, 1.82) is 0 Å². The number of rotatable bonds is 11. The number of nitrogens with zero attached hydrogens (tertiary/aromatic N) is 1. The van der Waals surface area contributed by atoms with Gasteiger partial charge < -0.3 is 18.9 Å². The van der Waals surface area contributed by atoms with Gasteiger partial charge in [-0.25, -0.2) is 5.43 Å². The first-order valence-corrected chi connectivity index (χ1v) is 12.8. The summed E-state index contributed by atoms with van der Waals surface area (Å²) in [5, 5.41) is 4.11. The van der Waals surface area contributed by atoms with E-state index in [0.29, 0.717) is 48.4 Å². The smallest absolute Gasteiger partial charge is 0.271 e. The molecule has 0 aliphatic heterocycles. The van der Waals surface area contributed by atoms with E-state index in [9.17, 15) is 4.79 Å². The van der Waals surface area contributed by atoms with E-state index >= 15 is 0 Å². The summed E-state index contributed by atoms with van der Waals surface area (Å²) in [6, 6.07) is 16.7. The monoisotopic (exact) mass is 652 g/mol. The quantitative estimate of drug-likeness (QED) is 0.152. The van der Waals surface area contributed by atoms with Gasteiger partial charge in [-0.15, -0.1) is 0 Å². The molecule has 3 rings (SSSR count). The van der Waals surface area contributed by atoms with Gasteiger partial charge in [0.2, 0.25) is 0 Å². The van der Waals surface area contributed by atoms with E-state index in [4.69, 9.17) is 18.9 Å². The van der Waals surface area contributed by atoms with Gasteiger partial charge in [0.15, 0.2) is 23.0 Å². The molecule has 0 bridgehead atoms. The Balaban J connectivity index is 1.70. The molecule has 0 fully saturated rings. The van der Waals surface area contributed by atoms with E-state index in [1.165, 1.54) is 7.11 Å². The van der Waals surface area contributed by atoms with Crippen LogP contribution >= 0.6 is 38.5 Å². The molecular formula is C26H26BrIN2O5. The summed E-state index contributed by atoms with van der Waals surface area (Å²) in [5.74, 6) is 1.98. The Labute approximate surface area is 227 Å². The van der Waals surface area contributed by atoms with Gasteiger partial charge in [-0.3, -0.25) is 4.79 Å². The molecule has 3 aromatic rings. The standard InChI is InChI=1S/C26H26BrIN2O5/c1-4-33-22-11-8-19(14-23(22)32-3)26(31)30-29-15-18-12-21(28)25(24(13-18)34-5-2)35-16-17-6-9-20(27)10-7-17/h6-15H,4-5,16H2,1-3H3,(H,30,31)/b29-15+. The van der Waals surface area contributed by atoms with Crippen LogP contribution < -0.4 is 24.4 Å². The topological polar surface area (TPSA) is 78.4 Å². The molecule has 0 aliphatic carbocycles. The molecule has 0 saturated carbocycles. The number of amides is 1. The number of hydrogen-bond donors (Lipinski definition) is 1. The van der Waals surface area contributed by atoms with Crippen LogP contribution in [-0.4, -0.2) is 32.4 Å². The van der Waals surface area contributed by atoms with Gasteiger partial charge in [0.1, 0.15) is 6.61 Å². The average molecular weight is 653 g/mol. The second kappa shape index (κ2) is 13.3. The number of nitrogens with one attached hydrogen (secondary N) is 1. The van der Waals surface area contributed by atoms with Gasteiger partial charge in [0.25, 0.3) is 5.91 Å². The molecule has 9 heteroatoms. The van der Waals surface area contributed by atoms with Crippen molar-refractivity contribution in [3.8, 4) is 23.0 Å². The molecule has 1 amide bonds. The van der Waals surface area contributed by atoms with E-state index in [2.05, 4.69) is 49.0 Å². The van der Waals surface area contributed by atoms with Crippen molar-refractivity contribution in [3.05, 3.63) is 79.3 Å². The minimum atomic E-state index is -0.364. The van der Waals surface area contributed by atoms with Crippen molar-refractivity contribution in [2.45, 2.75) is 20.5 Å². The number of methoxy groups -OCH3 is 1. The third-order valence-corrected chi connectivity index (χ3v) is 6.06. The molecule has 0 unspecified atom stereocenters. The van der Waals surface area contributed by atoms with Gasteiger partial charge >= 0.3 is 0 Å². The molecule has 0 spiro atoms. The van der Waals surface area contributed by atoms with Gasteiger partial charge in [-0.1, -0.05) is 28.1 Å². The van der Waals surface area contributed by atoms with Crippen molar-refractivity contribution in [2.75, 3.05) is 20.3 Å². The maximum absolute atomic E-state index is 12.5. The second-order valence-corrected chi connectivity index (χ2v) is 9.25. The lowest BCUT2D eigenvalue weighted by Gasteiger charge is -2.15. The summed E-state index contributed by atoms with van der Waals surface area (Å²) in [6.07, 6.45) is 1.56. The van der Waals surface area contributed by atoms with E-state index in [1.807, 2.05) is 50.2 Å². The minimum absolute atomic E-state index is 0.364. The number of carbonyl (C=O) groups is 1. The number of hydrogen-bond acceptors (Lipinski definition) is 6. The zero-order valence-electron chi connectivity index (χ0n) is 19.6. The molecule has 3 aromatic carbocycles. The van der Waals surface area contributed by atoms with Crippen LogP contribution in [0, 0.1) is 3.57 Å². The third-order valence-electron chi connectivity index (χ3n) is 4.73. The van der Waals surface area contributed by atoms with Crippen LogP contribution in [0.4, 0.5) is 0 Å². The normalized spacial score (nSPS) is 10.8. The Morgan fingerprint density at radius 3 is 2.37 bits per heavy atom. The largest absolute Gasteiger partial charge is 0.493 e. The molecule has 0 atom stereocenters. The summed E-state index contributed by atoms with van der Waals surface area (Å²) < 4.78 is 24.6. The molecule has 0 aromatic heterocycles. The van der Waals surface area contributed by atoms with E-state index in [0.717, 1.165) is 19.2 Å². The summed E-state index contributed by atoms with van der Waals surface area (Å²) in [6.45, 7) is 5.20.